The number of rotatable bonds is 4. The Morgan fingerprint density at radius 1 is 0.963 bits per heavy atom. The topological polar surface area (TPSA) is 95.7 Å². The molecule has 3 aliphatic rings. The summed E-state index contributed by atoms with van der Waals surface area (Å²) in [5.74, 6) is -0.0695. The summed E-state index contributed by atoms with van der Waals surface area (Å²) < 4.78 is 11.2. The van der Waals surface area contributed by atoms with E-state index < -0.39 is 17.0 Å². The van der Waals surface area contributed by atoms with Crippen molar-refractivity contribution in [2.24, 2.45) is 23.7 Å². The predicted octanol–water partition coefficient (Wildman–Crippen LogP) is 3.06. The largest absolute Gasteiger partial charge is 0.458 e. The number of esters is 2. The summed E-state index contributed by atoms with van der Waals surface area (Å²) in [6, 6.07) is 5.36. The van der Waals surface area contributed by atoms with Gasteiger partial charge < -0.3 is 9.47 Å². The highest BCUT2D eigenvalue weighted by molar-refractivity contribution is 5.89. The van der Waals surface area contributed by atoms with Crippen molar-refractivity contribution in [3.63, 3.8) is 0 Å². The molecular formula is C20H19NO6. The molecule has 2 bridgehead atoms. The molecule has 0 aliphatic heterocycles. The predicted molar refractivity (Wildman–Crippen MR) is 94.7 cm³/mol. The van der Waals surface area contributed by atoms with Gasteiger partial charge in [0, 0.05) is 30.9 Å². The Morgan fingerprint density at radius 2 is 1.52 bits per heavy atom. The number of hydrogen-bond acceptors (Lipinski definition) is 6. The first-order valence-electron chi connectivity index (χ1n) is 8.93. The molecule has 0 aromatic heterocycles. The maximum Gasteiger partial charge on any atom is 0.338 e. The molecule has 27 heavy (non-hydrogen) atoms. The molecule has 0 heterocycles. The summed E-state index contributed by atoms with van der Waals surface area (Å²) in [4.78, 5) is 34.2. The zero-order valence-electron chi connectivity index (χ0n) is 14.7. The number of nitro benzene ring substituents is 1. The molecule has 4 rings (SSSR count). The standard InChI is InChI=1S/C20H19NO6/c1-11(22)26-16-8-9-17(19-14-3-2-13(10-14)18(16)19)27-20(23)12-4-6-15(7-5-12)21(24)25/h2-9,13-14,16-19H,10H2,1H3/t13-,14+,16+,17+,18+,19-/m0/s1. The number of fused-ring (bicyclic) bond motifs is 5. The van der Waals surface area contributed by atoms with Crippen molar-refractivity contribution in [1.82, 2.24) is 0 Å². The lowest BCUT2D eigenvalue weighted by molar-refractivity contribution is -0.384. The fraction of sp³-hybridized carbons (Fsp3) is 0.400. The zero-order chi connectivity index (χ0) is 19.1. The van der Waals surface area contributed by atoms with Gasteiger partial charge in [-0.3, -0.25) is 14.9 Å². The third kappa shape index (κ3) is 3.13. The van der Waals surface area contributed by atoms with Crippen molar-refractivity contribution in [2.75, 3.05) is 0 Å². The van der Waals surface area contributed by atoms with E-state index in [1.54, 1.807) is 6.08 Å². The number of nitro groups is 1. The summed E-state index contributed by atoms with van der Waals surface area (Å²) in [5, 5.41) is 10.7. The number of allylic oxidation sites excluding steroid dienone is 2. The lowest BCUT2D eigenvalue weighted by Gasteiger charge is -2.39. The second kappa shape index (κ2) is 6.64. The maximum absolute atomic E-state index is 12.5. The normalized spacial score (nSPS) is 32.8. The molecule has 0 N–H and O–H groups in total. The minimum Gasteiger partial charge on any atom is -0.458 e. The summed E-state index contributed by atoms with van der Waals surface area (Å²) in [7, 11) is 0. The van der Waals surface area contributed by atoms with Gasteiger partial charge in [-0.05, 0) is 42.5 Å². The van der Waals surface area contributed by atoms with E-state index in [1.165, 1.54) is 31.2 Å². The monoisotopic (exact) mass is 369 g/mol. The summed E-state index contributed by atoms with van der Waals surface area (Å²) in [6.07, 6.45) is 8.18. The first-order chi connectivity index (χ1) is 12.9. The minimum atomic E-state index is -0.518. The molecule has 1 fully saturated rings. The Morgan fingerprint density at radius 3 is 2.04 bits per heavy atom. The van der Waals surface area contributed by atoms with Crippen LogP contribution in [-0.4, -0.2) is 29.1 Å². The lowest BCUT2D eigenvalue weighted by Crippen LogP contribution is -2.43. The summed E-state index contributed by atoms with van der Waals surface area (Å²) >= 11 is 0. The number of ether oxygens (including phenoxy) is 2. The van der Waals surface area contributed by atoms with Gasteiger partial charge in [0.25, 0.3) is 5.69 Å². The van der Waals surface area contributed by atoms with Crippen molar-refractivity contribution in [3.8, 4) is 0 Å². The van der Waals surface area contributed by atoms with Crippen LogP contribution in [0.4, 0.5) is 5.69 Å². The van der Waals surface area contributed by atoms with Gasteiger partial charge in [0.05, 0.1) is 10.5 Å². The molecule has 0 amide bonds. The number of carbonyl (C=O) groups excluding carboxylic acids is 2. The molecule has 1 aromatic rings. The Bertz CT molecular complexity index is 843. The number of hydrogen-bond donors (Lipinski definition) is 0. The van der Waals surface area contributed by atoms with Crippen LogP contribution in [0.1, 0.15) is 23.7 Å². The maximum atomic E-state index is 12.5. The average Bonchev–Trinajstić information content (AvgIpc) is 3.25. The molecule has 0 spiro atoms. The van der Waals surface area contributed by atoms with Crippen molar-refractivity contribution in [1.29, 1.82) is 0 Å². The fourth-order valence-electron chi connectivity index (χ4n) is 4.64. The van der Waals surface area contributed by atoms with Gasteiger partial charge in [0.15, 0.2) is 0 Å². The van der Waals surface area contributed by atoms with Crippen molar-refractivity contribution >= 4 is 17.6 Å². The van der Waals surface area contributed by atoms with Crippen LogP contribution in [0.3, 0.4) is 0 Å². The van der Waals surface area contributed by atoms with Crippen molar-refractivity contribution in [3.05, 3.63) is 64.2 Å². The van der Waals surface area contributed by atoms with Crippen molar-refractivity contribution in [2.45, 2.75) is 25.6 Å². The van der Waals surface area contributed by atoms with E-state index in [0.29, 0.717) is 5.92 Å². The second-order valence-electron chi connectivity index (χ2n) is 7.24. The van der Waals surface area contributed by atoms with E-state index >= 15 is 0 Å². The third-order valence-electron chi connectivity index (χ3n) is 5.69. The van der Waals surface area contributed by atoms with Gasteiger partial charge in [0.1, 0.15) is 12.2 Å². The number of benzene rings is 1. The molecule has 0 saturated heterocycles. The first-order valence-corrected chi connectivity index (χ1v) is 8.93. The number of non-ortho nitro benzene ring substituents is 1. The molecular weight excluding hydrogens is 350 g/mol. The van der Waals surface area contributed by atoms with Crippen molar-refractivity contribution < 1.29 is 24.0 Å². The van der Waals surface area contributed by atoms with Crippen LogP contribution >= 0.6 is 0 Å². The first kappa shape index (κ1) is 17.5. The van der Waals surface area contributed by atoms with E-state index in [4.69, 9.17) is 9.47 Å². The van der Waals surface area contributed by atoms with Gasteiger partial charge in [-0.15, -0.1) is 0 Å². The highest BCUT2D eigenvalue weighted by Crippen LogP contribution is 2.54. The minimum absolute atomic E-state index is 0.0661. The summed E-state index contributed by atoms with van der Waals surface area (Å²) in [6.45, 7) is 1.40. The van der Waals surface area contributed by atoms with Crippen LogP contribution in [0.25, 0.3) is 0 Å². The van der Waals surface area contributed by atoms with E-state index in [-0.39, 0.29) is 41.1 Å². The molecule has 3 aliphatic carbocycles. The highest BCUT2D eigenvalue weighted by atomic mass is 16.6. The smallest absolute Gasteiger partial charge is 0.338 e. The highest BCUT2D eigenvalue weighted by Gasteiger charge is 2.53. The van der Waals surface area contributed by atoms with E-state index in [2.05, 4.69) is 12.2 Å². The SMILES string of the molecule is CC(=O)O[C@@H]1C=C[C@@H](OC(=O)c2ccc([N+](=O)[O-])cc2)[C@H]2[C@@H]1[C@H]1C=C[C@@H]2C1. The Labute approximate surface area is 155 Å². The average molecular weight is 369 g/mol. The molecule has 0 unspecified atom stereocenters. The van der Waals surface area contributed by atoms with Gasteiger partial charge in [-0.2, -0.15) is 0 Å². The molecule has 140 valence electrons. The molecule has 1 aromatic carbocycles. The summed E-state index contributed by atoms with van der Waals surface area (Å²) in [5.41, 5.74) is 0.193. The van der Waals surface area contributed by atoms with Gasteiger partial charge in [-0.1, -0.05) is 12.2 Å². The molecule has 0 radical (unpaired) electrons. The van der Waals surface area contributed by atoms with Crippen LogP contribution in [-0.2, 0) is 14.3 Å². The van der Waals surface area contributed by atoms with Crippen LogP contribution in [0.15, 0.2) is 48.6 Å². The second-order valence-corrected chi connectivity index (χ2v) is 7.24. The van der Waals surface area contributed by atoms with Crippen LogP contribution in [0, 0.1) is 33.8 Å². The van der Waals surface area contributed by atoms with Gasteiger partial charge >= 0.3 is 11.9 Å². The third-order valence-corrected chi connectivity index (χ3v) is 5.69. The molecule has 1 saturated carbocycles. The van der Waals surface area contributed by atoms with E-state index in [0.717, 1.165) is 6.42 Å². The van der Waals surface area contributed by atoms with Crippen LogP contribution in [0.2, 0.25) is 0 Å². The van der Waals surface area contributed by atoms with Crippen LogP contribution in [0.5, 0.6) is 0 Å². The van der Waals surface area contributed by atoms with E-state index in [9.17, 15) is 19.7 Å². The Hall–Kier alpha value is -2.96. The van der Waals surface area contributed by atoms with Gasteiger partial charge in [-0.25, -0.2) is 4.79 Å². The van der Waals surface area contributed by atoms with Gasteiger partial charge in [0.2, 0.25) is 0 Å². The molecule has 7 nitrogen and oxygen atoms in total. The lowest BCUT2D eigenvalue weighted by atomic mass is 9.73. The number of nitrogens with zero attached hydrogens (tertiary/aromatic N) is 1. The quantitative estimate of drug-likeness (QED) is 0.350. The zero-order valence-corrected chi connectivity index (χ0v) is 14.7. The van der Waals surface area contributed by atoms with E-state index in [1.807, 2.05) is 6.08 Å². The Kier molecular flexibility index (Phi) is 4.30. The molecule has 6 atom stereocenters. The fourth-order valence-corrected chi connectivity index (χ4v) is 4.64. The molecule has 7 heteroatoms. The Balaban J connectivity index is 1.53. The number of carbonyl (C=O) groups is 2. The van der Waals surface area contributed by atoms with Crippen LogP contribution < -0.4 is 0 Å².